The normalized spacial score (nSPS) is 26.8. The second-order valence-electron chi connectivity index (χ2n) is 5.75. The highest BCUT2D eigenvalue weighted by Gasteiger charge is 2.53. The molecule has 0 bridgehead atoms. The van der Waals surface area contributed by atoms with Crippen LogP contribution in [0.2, 0.25) is 0 Å². The van der Waals surface area contributed by atoms with E-state index in [0.29, 0.717) is 0 Å². The summed E-state index contributed by atoms with van der Waals surface area (Å²) < 4.78 is 6.38. The molecule has 1 aromatic rings. The van der Waals surface area contributed by atoms with E-state index < -0.39 is 30.0 Å². The number of imide groups is 1. The summed E-state index contributed by atoms with van der Waals surface area (Å²) >= 11 is 3.40. The molecule has 1 aromatic carbocycles. The molecule has 1 fully saturated rings. The molecule has 2 aliphatic heterocycles. The minimum atomic E-state index is -0.845. The van der Waals surface area contributed by atoms with E-state index in [-0.39, 0.29) is 11.5 Å². The maximum absolute atomic E-state index is 12.8. The van der Waals surface area contributed by atoms with Crippen molar-refractivity contribution >= 4 is 27.9 Å². The highest BCUT2D eigenvalue weighted by molar-refractivity contribution is 9.10. The number of fused-ring (bicyclic) bond motifs is 1. The number of nitriles is 1. The van der Waals surface area contributed by atoms with E-state index in [1.807, 2.05) is 24.3 Å². The predicted octanol–water partition coefficient (Wildman–Crippen LogP) is 1.72. The van der Waals surface area contributed by atoms with Crippen LogP contribution in [0, 0.1) is 17.2 Å². The van der Waals surface area contributed by atoms with Crippen LogP contribution in [0.4, 0.5) is 4.79 Å². The maximum atomic E-state index is 12.8. The lowest BCUT2D eigenvalue weighted by Crippen LogP contribution is -2.62. The van der Waals surface area contributed by atoms with E-state index in [9.17, 15) is 14.9 Å². The predicted molar refractivity (Wildman–Crippen MR) is 88.0 cm³/mol. The number of nitrogens with zero attached hydrogens (tertiary/aromatic N) is 3. The number of allylic oxidation sites excluding steroid dienone is 1. The molecular formula is C16H15BrN4O3. The van der Waals surface area contributed by atoms with Gasteiger partial charge in [-0.25, -0.2) is 4.79 Å². The van der Waals surface area contributed by atoms with E-state index in [0.717, 1.165) is 14.9 Å². The van der Waals surface area contributed by atoms with Crippen LogP contribution in [0.25, 0.3) is 0 Å². The summed E-state index contributed by atoms with van der Waals surface area (Å²) in [4.78, 5) is 27.3. The molecule has 1 saturated heterocycles. The van der Waals surface area contributed by atoms with Crippen molar-refractivity contribution in [3.8, 4) is 6.07 Å². The first kappa shape index (κ1) is 16.3. The monoisotopic (exact) mass is 390 g/mol. The molecule has 3 unspecified atom stereocenters. The van der Waals surface area contributed by atoms with Crippen LogP contribution in [0.1, 0.15) is 11.5 Å². The number of urea groups is 1. The van der Waals surface area contributed by atoms with E-state index in [4.69, 9.17) is 10.5 Å². The van der Waals surface area contributed by atoms with Gasteiger partial charge in [-0.05, 0) is 17.7 Å². The molecule has 0 aromatic heterocycles. The van der Waals surface area contributed by atoms with Crippen LogP contribution in [0.5, 0.6) is 0 Å². The van der Waals surface area contributed by atoms with Gasteiger partial charge in [0.2, 0.25) is 11.8 Å². The first-order valence-electron chi connectivity index (χ1n) is 7.23. The number of amides is 3. The summed E-state index contributed by atoms with van der Waals surface area (Å²) in [5.41, 5.74) is 6.86. The standard InChI is InChI=1S/C16H15BrN4O3/c1-20-14(22)12-11(8-4-3-5-9(17)6-8)10(7-18)13(19)24-15(12)21(2)16(20)23/h3-6,11-12,15H,19H2,1-2H3. The van der Waals surface area contributed by atoms with Gasteiger partial charge in [0.1, 0.15) is 12.0 Å². The number of nitrogens with two attached hydrogens (primary N) is 1. The third kappa shape index (κ3) is 2.32. The minimum Gasteiger partial charge on any atom is -0.454 e. The SMILES string of the molecule is CN1C(=O)C2C(c3cccc(Br)c3)C(C#N)=C(N)OC2N(C)C1=O. The molecule has 3 rings (SSSR count). The molecule has 2 N–H and O–H groups in total. The van der Waals surface area contributed by atoms with Crippen molar-refractivity contribution in [2.24, 2.45) is 11.7 Å². The lowest BCUT2D eigenvalue weighted by Gasteiger charge is -2.46. The fourth-order valence-electron chi connectivity index (χ4n) is 3.21. The largest absolute Gasteiger partial charge is 0.454 e. The molecule has 2 heterocycles. The zero-order valence-electron chi connectivity index (χ0n) is 13.1. The Hall–Kier alpha value is -2.53. The van der Waals surface area contributed by atoms with E-state index in [1.54, 1.807) is 7.05 Å². The fraction of sp³-hybridized carbons (Fsp3) is 0.312. The van der Waals surface area contributed by atoms with Crippen LogP contribution in [0.15, 0.2) is 40.2 Å². The number of hydrogen-bond acceptors (Lipinski definition) is 5. The average molecular weight is 391 g/mol. The number of carbonyl (C=O) groups excluding carboxylic acids is 2. The number of halogens is 1. The molecule has 7 nitrogen and oxygen atoms in total. The molecule has 124 valence electrons. The van der Waals surface area contributed by atoms with Gasteiger partial charge in [-0.1, -0.05) is 28.1 Å². The Morgan fingerprint density at radius 1 is 1.33 bits per heavy atom. The van der Waals surface area contributed by atoms with Gasteiger partial charge in [-0.2, -0.15) is 5.26 Å². The van der Waals surface area contributed by atoms with Gasteiger partial charge in [0, 0.05) is 24.5 Å². The molecular weight excluding hydrogens is 376 g/mol. The van der Waals surface area contributed by atoms with Crippen molar-refractivity contribution < 1.29 is 14.3 Å². The number of ether oxygens (including phenoxy) is 1. The smallest absolute Gasteiger partial charge is 0.329 e. The molecule has 3 atom stereocenters. The molecule has 3 amide bonds. The van der Waals surface area contributed by atoms with Crippen LogP contribution >= 0.6 is 15.9 Å². The van der Waals surface area contributed by atoms with E-state index >= 15 is 0 Å². The molecule has 0 radical (unpaired) electrons. The number of hydrogen-bond donors (Lipinski definition) is 1. The Bertz CT molecular complexity index is 801. The third-order valence-electron chi connectivity index (χ3n) is 4.40. The van der Waals surface area contributed by atoms with Crippen LogP contribution in [-0.4, -0.2) is 42.1 Å². The van der Waals surface area contributed by atoms with Crippen molar-refractivity contribution in [2.45, 2.75) is 12.1 Å². The highest BCUT2D eigenvalue weighted by atomic mass is 79.9. The fourth-order valence-corrected chi connectivity index (χ4v) is 3.63. The second kappa shape index (κ2) is 5.83. The lowest BCUT2D eigenvalue weighted by atomic mass is 9.76. The Balaban J connectivity index is 2.19. The number of carbonyl (C=O) groups is 2. The first-order valence-corrected chi connectivity index (χ1v) is 8.02. The average Bonchev–Trinajstić information content (AvgIpc) is 2.57. The molecule has 0 spiro atoms. The lowest BCUT2D eigenvalue weighted by molar-refractivity contribution is -0.151. The van der Waals surface area contributed by atoms with Gasteiger partial charge in [0.05, 0.1) is 5.57 Å². The van der Waals surface area contributed by atoms with Crippen LogP contribution in [0.3, 0.4) is 0 Å². The van der Waals surface area contributed by atoms with Crippen molar-refractivity contribution in [3.63, 3.8) is 0 Å². The maximum Gasteiger partial charge on any atom is 0.329 e. The summed E-state index contributed by atoms with van der Waals surface area (Å²) in [5.74, 6) is -1.78. The van der Waals surface area contributed by atoms with Gasteiger partial charge in [0.25, 0.3) is 0 Å². The second-order valence-corrected chi connectivity index (χ2v) is 6.66. The van der Waals surface area contributed by atoms with Crippen molar-refractivity contribution in [2.75, 3.05) is 14.1 Å². The summed E-state index contributed by atoms with van der Waals surface area (Å²) in [5, 5.41) is 9.54. The Kier molecular flexibility index (Phi) is 3.97. The summed E-state index contributed by atoms with van der Waals surface area (Å²) in [6.45, 7) is 0. The van der Waals surface area contributed by atoms with E-state index in [2.05, 4.69) is 22.0 Å². The Morgan fingerprint density at radius 3 is 2.67 bits per heavy atom. The van der Waals surface area contributed by atoms with E-state index in [1.165, 1.54) is 11.9 Å². The number of rotatable bonds is 1. The highest BCUT2D eigenvalue weighted by Crippen LogP contribution is 2.44. The quantitative estimate of drug-likeness (QED) is 0.786. The zero-order chi connectivity index (χ0) is 17.6. The summed E-state index contributed by atoms with van der Waals surface area (Å²) in [7, 11) is 2.97. The third-order valence-corrected chi connectivity index (χ3v) is 4.90. The van der Waals surface area contributed by atoms with Crippen molar-refractivity contribution in [1.29, 1.82) is 5.26 Å². The Morgan fingerprint density at radius 2 is 2.04 bits per heavy atom. The molecule has 8 heteroatoms. The summed E-state index contributed by atoms with van der Waals surface area (Å²) in [6, 6.07) is 8.92. The molecule has 2 aliphatic rings. The van der Waals surface area contributed by atoms with Gasteiger partial charge < -0.3 is 10.5 Å². The van der Waals surface area contributed by atoms with Crippen LogP contribution in [-0.2, 0) is 9.53 Å². The minimum absolute atomic E-state index is 0.0549. The first-order chi connectivity index (χ1) is 11.4. The number of benzene rings is 1. The molecule has 0 saturated carbocycles. The van der Waals surface area contributed by atoms with Crippen molar-refractivity contribution in [3.05, 3.63) is 45.8 Å². The van der Waals surface area contributed by atoms with Gasteiger partial charge in [-0.3, -0.25) is 14.6 Å². The van der Waals surface area contributed by atoms with Crippen LogP contribution < -0.4 is 5.73 Å². The Labute approximate surface area is 147 Å². The van der Waals surface area contributed by atoms with Gasteiger partial charge in [0.15, 0.2) is 6.23 Å². The van der Waals surface area contributed by atoms with Gasteiger partial charge >= 0.3 is 6.03 Å². The molecule has 24 heavy (non-hydrogen) atoms. The van der Waals surface area contributed by atoms with Gasteiger partial charge in [-0.15, -0.1) is 0 Å². The zero-order valence-corrected chi connectivity index (χ0v) is 14.6. The topological polar surface area (TPSA) is 99.7 Å². The van der Waals surface area contributed by atoms with Crippen molar-refractivity contribution in [1.82, 2.24) is 9.80 Å². The summed E-state index contributed by atoms with van der Waals surface area (Å²) in [6.07, 6.45) is -0.845. The molecule has 0 aliphatic carbocycles.